The highest BCUT2D eigenvalue weighted by molar-refractivity contribution is 5.86. The molecule has 0 amide bonds. The third-order valence-electron chi connectivity index (χ3n) is 5.67. The van der Waals surface area contributed by atoms with Gasteiger partial charge >= 0.3 is 5.97 Å². The van der Waals surface area contributed by atoms with E-state index in [2.05, 4.69) is 0 Å². The van der Waals surface area contributed by atoms with E-state index in [9.17, 15) is 14.7 Å². The van der Waals surface area contributed by atoms with Crippen molar-refractivity contribution in [1.82, 2.24) is 9.55 Å². The Labute approximate surface area is 171 Å². The number of ether oxygens (including phenoxy) is 3. The largest absolute Gasteiger partial charge is 0.458 e. The lowest BCUT2D eigenvalue weighted by Crippen LogP contribution is -2.43. The Hall–Kier alpha value is -3.07. The number of esters is 1. The third-order valence-corrected chi connectivity index (χ3v) is 5.67. The van der Waals surface area contributed by atoms with Crippen LogP contribution in [0.2, 0.25) is 0 Å². The van der Waals surface area contributed by atoms with Crippen LogP contribution in [0.3, 0.4) is 0 Å². The van der Waals surface area contributed by atoms with Crippen LogP contribution in [0.4, 0.5) is 0 Å². The molecule has 0 spiro atoms. The molecule has 0 fully saturated rings. The van der Waals surface area contributed by atoms with Gasteiger partial charge in [0.25, 0.3) is 5.56 Å². The summed E-state index contributed by atoms with van der Waals surface area (Å²) in [7, 11) is 1.58. The van der Waals surface area contributed by atoms with Crippen LogP contribution in [0.5, 0.6) is 0 Å². The van der Waals surface area contributed by atoms with Gasteiger partial charge in [0.15, 0.2) is 11.8 Å². The molecule has 0 saturated heterocycles. The number of carbonyl (C=O) groups excluding carboxylic acids is 1. The van der Waals surface area contributed by atoms with E-state index < -0.39 is 17.8 Å². The van der Waals surface area contributed by atoms with E-state index in [1.165, 1.54) is 11.5 Å². The van der Waals surface area contributed by atoms with E-state index in [0.29, 0.717) is 18.0 Å². The number of fused-ring (bicyclic) bond motifs is 5. The molecule has 8 heteroatoms. The predicted octanol–water partition coefficient (Wildman–Crippen LogP) is 1.85. The van der Waals surface area contributed by atoms with Gasteiger partial charge < -0.3 is 19.3 Å². The highest BCUT2D eigenvalue weighted by Gasteiger charge is 2.44. The van der Waals surface area contributed by atoms with Gasteiger partial charge in [0.2, 0.25) is 0 Å². The quantitative estimate of drug-likeness (QED) is 0.519. The number of nitrogens with zero attached hydrogens (tertiary/aromatic N) is 2. The maximum absolute atomic E-state index is 13.4. The van der Waals surface area contributed by atoms with Crippen LogP contribution >= 0.6 is 0 Å². The van der Waals surface area contributed by atoms with Crippen LogP contribution in [0.1, 0.15) is 29.8 Å². The summed E-state index contributed by atoms with van der Waals surface area (Å²) in [5.41, 5.74) is 0.804. The van der Waals surface area contributed by atoms with Crippen molar-refractivity contribution in [3.05, 3.63) is 63.4 Å². The minimum atomic E-state index is -1.91. The topological polar surface area (TPSA) is 99.9 Å². The number of aromatic nitrogens is 2. The van der Waals surface area contributed by atoms with Gasteiger partial charge in [0.1, 0.15) is 6.61 Å². The molecule has 4 heterocycles. The summed E-state index contributed by atoms with van der Waals surface area (Å²) < 4.78 is 17.7. The SMILES string of the molecule is COCCO[C@H]1c2cc3ccccc3nc2-c2cc3c(c(=O)n21)COC(=O)[C@@]3(C)O. The summed E-state index contributed by atoms with van der Waals surface area (Å²) in [6.45, 7) is 1.79. The molecule has 154 valence electrons. The van der Waals surface area contributed by atoms with Crippen LogP contribution in [0, 0.1) is 0 Å². The molecule has 0 aliphatic carbocycles. The number of cyclic esters (lactones) is 1. The lowest BCUT2D eigenvalue weighted by atomic mass is 9.90. The molecule has 2 aliphatic rings. The summed E-state index contributed by atoms with van der Waals surface area (Å²) in [5.74, 6) is -0.781. The number of hydrogen-bond acceptors (Lipinski definition) is 7. The van der Waals surface area contributed by atoms with Crippen molar-refractivity contribution in [3.63, 3.8) is 0 Å². The Morgan fingerprint density at radius 2 is 2.07 bits per heavy atom. The van der Waals surface area contributed by atoms with E-state index >= 15 is 0 Å². The molecule has 30 heavy (non-hydrogen) atoms. The molecule has 0 radical (unpaired) electrons. The number of rotatable bonds is 4. The normalized spacial score (nSPS) is 21.8. The number of methoxy groups -OCH3 is 1. The molecular weight excluding hydrogens is 388 g/mol. The summed E-state index contributed by atoms with van der Waals surface area (Å²) in [5, 5.41) is 11.6. The van der Waals surface area contributed by atoms with E-state index in [0.717, 1.165) is 16.5 Å². The van der Waals surface area contributed by atoms with Crippen LogP contribution in [-0.4, -0.2) is 41.0 Å². The maximum Gasteiger partial charge on any atom is 0.342 e. The fourth-order valence-electron chi connectivity index (χ4n) is 4.11. The van der Waals surface area contributed by atoms with Gasteiger partial charge in [0.05, 0.1) is 35.7 Å². The zero-order chi connectivity index (χ0) is 21.0. The third kappa shape index (κ3) is 2.61. The molecule has 5 rings (SSSR count). The second-order valence-electron chi connectivity index (χ2n) is 7.58. The summed E-state index contributed by atoms with van der Waals surface area (Å²) in [4.78, 5) is 30.3. The Morgan fingerprint density at radius 1 is 1.27 bits per heavy atom. The zero-order valence-corrected chi connectivity index (χ0v) is 16.5. The number of carbonyl (C=O) groups is 1. The fraction of sp³-hybridized carbons (Fsp3) is 0.318. The summed E-state index contributed by atoms with van der Waals surface area (Å²) >= 11 is 0. The Bertz CT molecular complexity index is 1250. The second-order valence-corrected chi connectivity index (χ2v) is 7.58. The van der Waals surface area contributed by atoms with Gasteiger partial charge in [-0.2, -0.15) is 0 Å². The number of pyridine rings is 2. The monoisotopic (exact) mass is 408 g/mol. The maximum atomic E-state index is 13.4. The van der Waals surface area contributed by atoms with E-state index in [4.69, 9.17) is 19.2 Å². The molecule has 0 unspecified atom stereocenters. The first kappa shape index (κ1) is 18.9. The first-order valence-corrected chi connectivity index (χ1v) is 9.62. The summed E-state index contributed by atoms with van der Waals surface area (Å²) in [6.07, 6.45) is -0.692. The minimum absolute atomic E-state index is 0.194. The fourth-order valence-corrected chi connectivity index (χ4v) is 4.11. The van der Waals surface area contributed by atoms with Gasteiger partial charge in [-0.3, -0.25) is 9.36 Å². The van der Waals surface area contributed by atoms with Crippen molar-refractivity contribution in [2.24, 2.45) is 0 Å². The van der Waals surface area contributed by atoms with Gasteiger partial charge in [-0.1, -0.05) is 18.2 Å². The molecular formula is C22H20N2O6. The standard InChI is InChI=1S/C22H20N2O6/c1-22(27)15-10-17-18-13(9-12-5-3-4-6-16(12)23-18)20(29-8-7-28-2)24(17)19(25)14(15)11-30-21(22)26/h3-6,9-10,20,27H,7-8,11H2,1-2H3/t20-,22-/m0/s1. The molecule has 3 aromatic rings. The van der Waals surface area contributed by atoms with Crippen LogP contribution in [-0.2, 0) is 31.2 Å². The van der Waals surface area contributed by atoms with Gasteiger partial charge in [0, 0.05) is 23.6 Å². The van der Waals surface area contributed by atoms with E-state index in [1.54, 1.807) is 13.2 Å². The van der Waals surface area contributed by atoms with Crippen LogP contribution < -0.4 is 5.56 Å². The molecule has 2 aliphatic heterocycles. The highest BCUT2D eigenvalue weighted by atomic mass is 16.6. The lowest BCUT2D eigenvalue weighted by Gasteiger charge is -2.30. The van der Waals surface area contributed by atoms with Crippen molar-refractivity contribution in [2.45, 2.75) is 25.4 Å². The molecule has 0 saturated carbocycles. The number of benzene rings is 1. The van der Waals surface area contributed by atoms with Gasteiger partial charge in [-0.15, -0.1) is 0 Å². The number of para-hydroxylation sites is 1. The van der Waals surface area contributed by atoms with Crippen molar-refractivity contribution in [3.8, 4) is 11.4 Å². The zero-order valence-electron chi connectivity index (χ0n) is 16.5. The average molecular weight is 408 g/mol. The first-order valence-electron chi connectivity index (χ1n) is 9.62. The van der Waals surface area contributed by atoms with Crippen LogP contribution in [0.15, 0.2) is 41.2 Å². The van der Waals surface area contributed by atoms with Crippen molar-refractivity contribution in [2.75, 3.05) is 20.3 Å². The first-order chi connectivity index (χ1) is 14.4. The number of hydrogen-bond donors (Lipinski definition) is 1. The Morgan fingerprint density at radius 3 is 2.87 bits per heavy atom. The molecule has 0 bridgehead atoms. The average Bonchev–Trinajstić information content (AvgIpc) is 3.03. The van der Waals surface area contributed by atoms with Crippen molar-refractivity contribution >= 4 is 16.9 Å². The highest BCUT2D eigenvalue weighted by Crippen LogP contribution is 2.42. The molecule has 2 aromatic heterocycles. The predicted molar refractivity (Wildman–Crippen MR) is 107 cm³/mol. The molecule has 2 atom stereocenters. The van der Waals surface area contributed by atoms with E-state index in [-0.39, 0.29) is 29.9 Å². The van der Waals surface area contributed by atoms with Crippen molar-refractivity contribution < 1.29 is 24.1 Å². The smallest absolute Gasteiger partial charge is 0.342 e. The minimum Gasteiger partial charge on any atom is -0.458 e. The van der Waals surface area contributed by atoms with Gasteiger partial charge in [-0.25, -0.2) is 9.78 Å². The van der Waals surface area contributed by atoms with Crippen LogP contribution in [0.25, 0.3) is 22.3 Å². The lowest BCUT2D eigenvalue weighted by molar-refractivity contribution is -0.169. The Kier molecular flexibility index (Phi) is 4.25. The van der Waals surface area contributed by atoms with E-state index in [1.807, 2.05) is 30.3 Å². The van der Waals surface area contributed by atoms with Crippen molar-refractivity contribution in [1.29, 1.82) is 0 Å². The second kappa shape index (κ2) is 6.73. The summed E-state index contributed by atoms with van der Waals surface area (Å²) in [6, 6.07) is 11.3. The van der Waals surface area contributed by atoms with Gasteiger partial charge in [-0.05, 0) is 25.1 Å². The number of aliphatic hydroxyl groups is 1. The molecule has 1 N–H and O–H groups in total. The Balaban J connectivity index is 1.78. The molecule has 1 aromatic carbocycles. The molecule has 8 nitrogen and oxygen atoms in total.